The monoisotopic (exact) mass is 410 g/mol. The maximum atomic E-state index is 12.8. The van der Waals surface area contributed by atoms with Crippen molar-refractivity contribution < 1.29 is 9.59 Å². The zero-order valence-corrected chi connectivity index (χ0v) is 16.2. The summed E-state index contributed by atoms with van der Waals surface area (Å²) in [6.45, 7) is 0. The normalized spacial score (nSPS) is 11.0. The molecule has 0 heterocycles. The maximum absolute atomic E-state index is 12.8. The van der Waals surface area contributed by atoms with Crippen LogP contribution in [0, 0.1) is 0 Å². The van der Waals surface area contributed by atoms with E-state index in [0.29, 0.717) is 26.9 Å². The van der Waals surface area contributed by atoms with Crippen molar-refractivity contribution in [3.05, 3.63) is 106 Å². The fraction of sp³-hybridized carbons (Fsp3) is 0. The highest BCUT2D eigenvalue weighted by Gasteiger charge is 2.15. The van der Waals surface area contributed by atoms with Crippen LogP contribution in [0.25, 0.3) is 6.08 Å². The summed E-state index contributed by atoms with van der Waals surface area (Å²) >= 11 is 12.0. The van der Waals surface area contributed by atoms with Crippen molar-refractivity contribution in [1.29, 1.82) is 0 Å². The maximum Gasteiger partial charge on any atom is 0.272 e. The highest BCUT2D eigenvalue weighted by atomic mass is 35.5. The Kier molecular flexibility index (Phi) is 6.48. The van der Waals surface area contributed by atoms with Gasteiger partial charge in [0, 0.05) is 10.6 Å². The summed E-state index contributed by atoms with van der Waals surface area (Å²) in [6.07, 6.45) is 1.57. The molecule has 28 heavy (non-hydrogen) atoms. The van der Waals surface area contributed by atoms with Gasteiger partial charge in [-0.1, -0.05) is 65.7 Å². The first-order valence-electron chi connectivity index (χ1n) is 8.42. The third-order valence-electron chi connectivity index (χ3n) is 3.83. The van der Waals surface area contributed by atoms with Gasteiger partial charge in [0.15, 0.2) is 0 Å². The first kappa shape index (κ1) is 19.7. The highest BCUT2D eigenvalue weighted by molar-refractivity contribution is 6.34. The van der Waals surface area contributed by atoms with Gasteiger partial charge in [0.25, 0.3) is 11.8 Å². The second kappa shape index (κ2) is 9.22. The van der Waals surface area contributed by atoms with Crippen LogP contribution in [-0.2, 0) is 4.79 Å². The van der Waals surface area contributed by atoms with Gasteiger partial charge in [0.2, 0.25) is 0 Å². The van der Waals surface area contributed by atoms with E-state index in [-0.39, 0.29) is 5.70 Å². The third kappa shape index (κ3) is 5.22. The van der Waals surface area contributed by atoms with E-state index in [2.05, 4.69) is 10.6 Å². The molecular weight excluding hydrogens is 395 g/mol. The minimum absolute atomic E-state index is 0.0797. The average molecular weight is 411 g/mol. The van der Waals surface area contributed by atoms with Crippen molar-refractivity contribution in [3.8, 4) is 0 Å². The fourth-order valence-corrected chi connectivity index (χ4v) is 2.73. The van der Waals surface area contributed by atoms with Crippen molar-refractivity contribution >= 4 is 46.8 Å². The Bertz CT molecular complexity index is 1020. The van der Waals surface area contributed by atoms with Crippen LogP contribution in [0.2, 0.25) is 10.0 Å². The lowest BCUT2D eigenvalue weighted by Crippen LogP contribution is -2.30. The average Bonchev–Trinajstić information content (AvgIpc) is 2.71. The number of carbonyl (C=O) groups excluding carboxylic acids is 2. The van der Waals surface area contributed by atoms with Crippen molar-refractivity contribution in [3.63, 3.8) is 0 Å². The molecule has 0 radical (unpaired) electrons. The van der Waals surface area contributed by atoms with E-state index in [9.17, 15) is 9.59 Å². The topological polar surface area (TPSA) is 58.2 Å². The number of nitrogens with one attached hydrogen (secondary N) is 2. The Morgan fingerprint density at radius 3 is 2.11 bits per heavy atom. The van der Waals surface area contributed by atoms with Crippen LogP contribution in [0.15, 0.2) is 84.6 Å². The molecule has 0 saturated carbocycles. The van der Waals surface area contributed by atoms with E-state index >= 15 is 0 Å². The van der Waals surface area contributed by atoms with Gasteiger partial charge in [-0.15, -0.1) is 0 Å². The van der Waals surface area contributed by atoms with Gasteiger partial charge in [-0.25, -0.2) is 0 Å². The molecule has 140 valence electrons. The lowest BCUT2D eigenvalue weighted by molar-refractivity contribution is -0.113. The van der Waals surface area contributed by atoms with Gasteiger partial charge in [-0.3, -0.25) is 9.59 Å². The van der Waals surface area contributed by atoms with Gasteiger partial charge in [0.05, 0.1) is 10.7 Å². The molecule has 0 aliphatic rings. The summed E-state index contributed by atoms with van der Waals surface area (Å²) < 4.78 is 0. The summed E-state index contributed by atoms with van der Waals surface area (Å²) in [4.78, 5) is 25.4. The molecule has 3 aromatic rings. The third-order valence-corrected chi connectivity index (χ3v) is 4.41. The van der Waals surface area contributed by atoms with Crippen molar-refractivity contribution in [2.24, 2.45) is 0 Å². The number of halogens is 2. The predicted octanol–water partition coefficient (Wildman–Crippen LogP) is 5.40. The molecule has 0 saturated heterocycles. The van der Waals surface area contributed by atoms with Gasteiger partial charge in [-0.05, 0) is 48.0 Å². The summed E-state index contributed by atoms with van der Waals surface area (Å²) in [5, 5.41) is 6.36. The summed E-state index contributed by atoms with van der Waals surface area (Å²) in [5.41, 5.74) is 1.68. The number of carbonyl (C=O) groups is 2. The molecule has 6 heteroatoms. The van der Waals surface area contributed by atoms with Crippen LogP contribution < -0.4 is 10.6 Å². The Morgan fingerprint density at radius 2 is 1.43 bits per heavy atom. The largest absolute Gasteiger partial charge is 0.319 e. The zero-order valence-electron chi connectivity index (χ0n) is 14.7. The number of hydrogen-bond donors (Lipinski definition) is 2. The van der Waals surface area contributed by atoms with Crippen LogP contribution in [0.1, 0.15) is 15.9 Å². The summed E-state index contributed by atoms with van der Waals surface area (Å²) in [7, 11) is 0. The Morgan fingerprint density at radius 1 is 0.786 bits per heavy atom. The Labute approximate surface area is 172 Å². The number of anilines is 1. The molecular formula is C22H16Cl2N2O2. The Hall–Kier alpha value is -3.08. The highest BCUT2D eigenvalue weighted by Crippen LogP contribution is 2.21. The molecule has 2 amide bonds. The minimum Gasteiger partial charge on any atom is -0.319 e. The lowest BCUT2D eigenvalue weighted by atomic mass is 10.1. The van der Waals surface area contributed by atoms with Crippen LogP contribution in [-0.4, -0.2) is 11.8 Å². The molecule has 0 aliphatic carbocycles. The molecule has 4 nitrogen and oxygen atoms in total. The van der Waals surface area contributed by atoms with E-state index < -0.39 is 11.8 Å². The number of para-hydroxylation sites is 1. The van der Waals surface area contributed by atoms with Crippen molar-refractivity contribution in [2.75, 3.05) is 5.32 Å². The SMILES string of the molecule is O=C(Nc1ccccc1Cl)/C(=C/c1ccc(Cl)cc1)NC(=O)c1ccccc1. The van der Waals surface area contributed by atoms with E-state index in [1.54, 1.807) is 78.9 Å². The molecule has 3 rings (SSSR count). The minimum atomic E-state index is -0.493. The van der Waals surface area contributed by atoms with Gasteiger partial charge in [0.1, 0.15) is 5.70 Å². The second-order valence-corrected chi connectivity index (χ2v) is 6.71. The van der Waals surface area contributed by atoms with Crippen LogP contribution in [0.3, 0.4) is 0 Å². The number of amides is 2. The molecule has 3 aromatic carbocycles. The van der Waals surface area contributed by atoms with E-state index in [1.165, 1.54) is 0 Å². The lowest BCUT2D eigenvalue weighted by Gasteiger charge is -2.12. The van der Waals surface area contributed by atoms with E-state index in [4.69, 9.17) is 23.2 Å². The summed E-state index contributed by atoms with van der Waals surface area (Å²) in [5.74, 6) is -0.887. The molecule has 0 atom stereocenters. The van der Waals surface area contributed by atoms with Crippen LogP contribution >= 0.6 is 23.2 Å². The second-order valence-electron chi connectivity index (χ2n) is 5.86. The quantitative estimate of drug-likeness (QED) is 0.552. The molecule has 0 fully saturated rings. The van der Waals surface area contributed by atoms with Crippen LogP contribution in [0.4, 0.5) is 5.69 Å². The summed E-state index contributed by atoms with van der Waals surface area (Å²) in [6, 6.07) is 22.4. The predicted molar refractivity (Wildman–Crippen MR) is 113 cm³/mol. The Balaban J connectivity index is 1.89. The van der Waals surface area contributed by atoms with Gasteiger partial charge < -0.3 is 10.6 Å². The molecule has 0 spiro atoms. The van der Waals surface area contributed by atoms with Crippen molar-refractivity contribution in [1.82, 2.24) is 5.32 Å². The molecule has 0 unspecified atom stereocenters. The molecule has 2 N–H and O–H groups in total. The van der Waals surface area contributed by atoms with E-state index in [0.717, 1.165) is 0 Å². The number of benzene rings is 3. The van der Waals surface area contributed by atoms with Crippen LogP contribution in [0.5, 0.6) is 0 Å². The van der Waals surface area contributed by atoms with Crippen molar-refractivity contribution in [2.45, 2.75) is 0 Å². The smallest absolute Gasteiger partial charge is 0.272 e. The molecule has 0 bridgehead atoms. The van der Waals surface area contributed by atoms with Gasteiger partial charge in [-0.2, -0.15) is 0 Å². The first-order chi connectivity index (χ1) is 13.5. The molecule has 0 aliphatic heterocycles. The van der Waals surface area contributed by atoms with E-state index in [1.807, 2.05) is 6.07 Å². The number of rotatable bonds is 5. The standard InChI is InChI=1S/C22H16Cl2N2O2/c23-17-12-10-15(11-13-17)14-20(26-21(27)16-6-2-1-3-7-16)22(28)25-19-9-5-4-8-18(19)24/h1-14H,(H,25,28)(H,26,27)/b20-14-. The zero-order chi connectivity index (χ0) is 19.9. The molecule has 0 aromatic heterocycles. The first-order valence-corrected chi connectivity index (χ1v) is 9.18. The fourth-order valence-electron chi connectivity index (χ4n) is 2.42. The van der Waals surface area contributed by atoms with Gasteiger partial charge >= 0.3 is 0 Å². The number of hydrogen-bond acceptors (Lipinski definition) is 2.